The van der Waals surface area contributed by atoms with Crippen molar-refractivity contribution in [1.29, 1.82) is 0 Å². The van der Waals surface area contributed by atoms with Gasteiger partial charge >= 0.3 is 0 Å². The third-order valence-corrected chi connectivity index (χ3v) is 7.41. The summed E-state index contributed by atoms with van der Waals surface area (Å²) in [5.74, 6) is -0.0611. The van der Waals surface area contributed by atoms with Crippen LogP contribution in [0.4, 0.5) is 0 Å². The van der Waals surface area contributed by atoms with Crippen LogP contribution >= 0.6 is 22.7 Å². The third-order valence-electron chi connectivity index (χ3n) is 5.83. The number of nitrogens with one attached hydrogen (secondary N) is 1. The molecular weight excluding hydrogens is 424 g/mol. The van der Waals surface area contributed by atoms with E-state index in [0.717, 1.165) is 41.7 Å². The predicted octanol–water partition coefficient (Wildman–Crippen LogP) is 5.22. The van der Waals surface area contributed by atoms with Crippen molar-refractivity contribution in [2.45, 2.75) is 50.6 Å². The minimum atomic E-state index is -0.594. The zero-order valence-electron chi connectivity index (χ0n) is 17.5. The van der Waals surface area contributed by atoms with E-state index in [4.69, 9.17) is 0 Å². The van der Waals surface area contributed by atoms with Gasteiger partial charge < -0.3 is 10.2 Å². The molecule has 2 amide bonds. The fourth-order valence-corrected chi connectivity index (χ4v) is 5.58. The molecule has 1 fully saturated rings. The van der Waals surface area contributed by atoms with E-state index >= 15 is 0 Å². The minimum absolute atomic E-state index is 0.00356. The van der Waals surface area contributed by atoms with Crippen LogP contribution in [0.25, 0.3) is 0 Å². The highest BCUT2D eigenvalue weighted by Gasteiger charge is 2.33. The van der Waals surface area contributed by atoms with Gasteiger partial charge in [0.25, 0.3) is 0 Å². The molecule has 3 aromatic rings. The van der Waals surface area contributed by atoms with E-state index in [1.165, 1.54) is 0 Å². The van der Waals surface area contributed by atoms with Crippen molar-refractivity contribution in [3.63, 3.8) is 0 Å². The Bertz CT molecular complexity index is 949. The molecule has 0 unspecified atom stereocenters. The lowest BCUT2D eigenvalue weighted by Crippen LogP contribution is -2.47. The molecule has 162 valence electrons. The topological polar surface area (TPSA) is 49.4 Å². The summed E-state index contributed by atoms with van der Waals surface area (Å²) in [6, 6.07) is 15.7. The van der Waals surface area contributed by atoms with Crippen LogP contribution in [0.15, 0.2) is 64.7 Å². The molecule has 2 aromatic heterocycles. The van der Waals surface area contributed by atoms with E-state index in [9.17, 15) is 9.59 Å². The van der Waals surface area contributed by atoms with Gasteiger partial charge in [-0.25, -0.2) is 0 Å². The molecular formula is C25H28N2O2S2. The highest BCUT2D eigenvalue weighted by atomic mass is 32.1. The van der Waals surface area contributed by atoms with E-state index in [2.05, 4.69) is 17.4 Å². The normalized spacial score (nSPS) is 15.0. The van der Waals surface area contributed by atoms with Crippen molar-refractivity contribution >= 4 is 34.5 Å². The number of rotatable bonds is 9. The summed E-state index contributed by atoms with van der Waals surface area (Å²) in [5, 5.41) is 9.19. The average Bonchev–Trinajstić information content (AvgIpc) is 3.55. The zero-order valence-corrected chi connectivity index (χ0v) is 19.2. The average molecular weight is 453 g/mol. The largest absolute Gasteiger partial charge is 0.351 e. The predicted molar refractivity (Wildman–Crippen MR) is 127 cm³/mol. The number of hydrogen-bond donors (Lipinski definition) is 1. The number of nitrogens with zero attached hydrogens (tertiary/aromatic N) is 1. The standard InChI is InChI=1S/C25H28N2O2S2/c28-23(17-22-11-6-15-31-22)27(14-12-19-7-2-1-3-8-19)24(20-13-16-30-18-20)25(29)26-21-9-4-5-10-21/h1-3,6-8,11,13,15-16,18,21,24H,4-5,9-10,12,14,17H2,(H,26,29)/t24-/m0/s1. The molecule has 1 aliphatic rings. The van der Waals surface area contributed by atoms with Gasteiger partial charge in [0.1, 0.15) is 6.04 Å². The SMILES string of the molecule is O=C(NC1CCCC1)[C@H](c1ccsc1)N(CCc1ccccc1)C(=O)Cc1cccs1. The maximum atomic E-state index is 13.5. The van der Waals surface area contributed by atoms with Crippen molar-refractivity contribution in [3.8, 4) is 0 Å². The fraction of sp³-hybridized carbons (Fsp3) is 0.360. The van der Waals surface area contributed by atoms with Crippen molar-refractivity contribution in [3.05, 3.63) is 80.7 Å². The second-order valence-corrected chi connectivity index (χ2v) is 9.84. The van der Waals surface area contributed by atoms with Crippen LogP contribution in [0.2, 0.25) is 0 Å². The van der Waals surface area contributed by atoms with Gasteiger partial charge in [-0.2, -0.15) is 11.3 Å². The lowest BCUT2D eigenvalue weighted by molar-refractivity contribution is -0.140. The molecule has 1 aliphatic carbocycles. The van der Waals surface area contributed by atoms with Crippen LogP contribution in [0.5, 0.6) is 0 Å². The van der Waals surface area contributed by atoms with E-state index in [-0.39, 0.29) is 17.9 Å². The van der Waals surface area contributed by atoms with Crippen LogP contribution in [0, 0.1) is 0 Å². The number of carbonyl (C=O) groups excluding carboxylic acids is 2. The molecule has 1 aromatic carbocycles. The summed E-state index contributed by atoms with van der Waals surface area (Å²) < 4.78 is 0. The Labute approximate surface area is 191 Å². The van der Waals surface area contributed by atoms with Gasteiger partial charge in [-0.15, -0.1) is 11.3 Å². The Morgan fingerprint density at radius 1 is 1.03 bits per heavy atom. The summed E-state index contributed by atoms with van der Waals surface area (Å²) in [4.78, 5) is 29.7. The minimum Gasteiger partial charge on any atom is -0.351 e. The zero-order chi connectivity index (χ0) is 21.5. The maximum Gasteiger partial charge on any atom is 0.247 e. The van der Waals surface area contributed by atoms with Gasteiger partial charge in [0.2, 0.25) is 11.8 Å². The number of thiophene rings is 2. The molecule has 1 atom stereocenters. The van der Waals surface area contributed by atoms with E-state index < -0.39 is 6.04 Å². The molecule has 4 rings (SSSR count). The highest BCUT2D eigenvalue weighted by Crippen LogP contribution is 2.27. The molecule has 0 aliphatic heterocycles. The summed E-state index contributed by atoms with van der Waals surface area (Å²) >= 11 is 3.14. The lowest BCUT2D eigenvalue weighted by Gasteiger charge is -2.32. The second-order valence-electron chi connectivity index (χ2n) is 8.03. The van der Waals surface area contributed by atoms with Crippen LogP contribution in [-0.2, 0) is 22.4 Å². The van der Waals surface area contributed by atoms with Gasteiger partial charge in [0.15, 0.2) is 0 Å². The van der Waals surface area contributed by atoms with Gasteiger partial charge in [-0.1, -0.05) is 49.2 Å². The van der Waals surface area contributed by atoms with Gasteiger partial charge in [0.05, 0.1) is 6.42 Å². The number of benzene rings is 1. The fourth-order valence-electron chi connectivity index (χ4n) is 4.21. The Kier molecular flexibility index (Phi) is 7.54. The molecule has 0 bridgehead atoms. The molecule has 6 heteroatoms. The Morgan fingerprint density at radius 3 is 2.52 bits per heavy atom. The molecule has 1 saturated carbocycles. The second kappa shape index (κ2) is 10.7. The molecule has 2 heterocycles. The Balaban J connectivity index is 1.59. The van der Waals surface area contributed by atoms with Gasteiger partial charge in [-0.05, 0) is 58.7 Å². The first-order valence-corrected chi connectivity index (χ1v) is 12.7. The summed E-state index contributed by atoms with van der Waals surface area (Å²) in [5.41, 5.74) is 2.06. The van der Waals surface area contributed by atoms with Gasteiger partial charge in [-0.3, -0.25) is 9.59 Å². The lowest BCUT2D eigenvalue weighted by atomic mass is 10.0. The Morgan fingerprint density at radius 2 is 1.84 bits per heavy atom. The Hall–Kier alpha value is -2.44. The first-order valence-electron chi connectivity index (χ1n) is 10.9. The van der Waals surface area contributed by atoms with E-state index in [1.807, 2.05) is 52.5 Å². The first kappa shape index (κ1) is 21.8. The van der Waals surface area contributed by atoms with E-state index in [0.29, 0.717) is 19.4 Å². The summed E-state index contributed by atoms with van der Waals surface area (Å²) in [6.45, 7) is 0.507. The van der Waals surface area contributed by atoms with Crippen molar-refractivity contribution in [1.82, 2.24) is 10.2 Å². The van der Waals surface area contributed by atoms with Crippen LogP contribution in [0.1, 0.15) is 47.7 Å². The first-order chi connectivity index (χ1) is 15.2. The van der Waals surface area contributed by atoms with Gasteiger partial charge in [0, 0.05) is 17.5 Å². The smallest absolute Gasteiger partial charge is 0.247 e. The van der Waals surface area contributed by atoms with Crippen molar-refractivity contribution < 1.29 is 9.59 Å². The van der Waals surface area contributed by atoms with E-state index in [1.54, 1.807) is 27.6 Å². The van der Waals surface area contributed by atoms with Crippen molar-refractivity contribution in [2.24, 2.45) is 0 Å². The highest BCUT2D eigenvalue weighted by molar-refractivity contribution is 7.10. The number of amides is 2. The number of hydrogen-bond acceptors (Lipinski definition) is 4. The van der Waals surface area contributed by atoms with Crippen molar-refractivity contribution in [2.75, 3.05) is 6.54 Å². The summed E-state index contributed by atoms with van der Waals surface area (Å²) in [6.07, 6.45) is 5.40. The summed E-state index contributed by atoms with van der Waals surface area (Å²) in [7, 11) is 0. The van der Waals surface area contributed by atoms with Crippen LogP contribution in [-0.4, -0.2) is 29.3 Å². The molecule has 1 N–H and O–H groups in total. The molecule has 0 radical (unpaired) electrons. The monoisotopic (exact) mass is 452 g/mol. The number of carbonyl (C=O) groups is 2. The molecule has 0 saturated heterocycles. The van der Waals surface area contributed by atoms with Crippen LogP contribution in [0.3, 0.4) is 0 Å². The maximum absolute atomic E-state index is 13.5. The molecule has 0 spiro atoms. The quantitative estimate of drug-likeness (QED) is 0.484. The third kappa shape index (κ3) is 5.83. The molecule has 4 nitrogen and oxygen atoms in total. The molecule has 31 heavy (non-hydrogen) atoms. The van der Waals surface area contributed by atoms with Crippen LogP contribution < -0.4 is 5.32 Å².